The standard InChI is InChI=1S/C46H32F3N3O4S3/c1-55-36-16-12-34(13-17-36)52(35-14-18-37(56-2)19-15-35)33-10-7-27(8-11-33)39-21-22-41(57-39)43-30(23-31(26-50)45(53)54)24-42(58-43)28-3-5-29(6-4-28)44-51-38-25-32(46(47,48)49)9-20-40(38)59-44/h3-18,20-25,37H,19H2,1-2H3,(H,53,54). The number of hydrogen-bond donors (Lipinski definition) is 1. The molecule has 294 valence electrons. The van der Waals surface area contributed by atoms with Crippen molar-refractivity contribution >= 4 is 67.6 Å². The second kappa shape index (κ2) is 16.5. The van der Waals surface area contributed by atoms with E-state index in [0.29, 0.717) is 15.3 Å². The molecular formula is C46H32F3N3O4S3. The number of carboxylic acids is 1. The molecule has 7 aromatic rings. The summed E-state index contributed by atoms with van der Waals surface area (Å²) in [5.74, 6) is -0.551. The Labute approximate surface area is 349 Å². The summed E-state index contributed by atoms with van der Waals surface area (Å²) < 4.78 is 51.5. The van der Waals surface area contributed by atoms with E-state index < -0.39 is 17.7 Å². The summed E-state index contributed by atoms with van der Waals surface area (Å²) in [5, 5.41) is 19.9. The first kappa shape index (κ1) is 39.5. The summed E-state index contributed by atoms with van der Waals surface area (Å²) in [4.78, 5) is 22.1. The minimum Gasteiger partial charge on any atom is -0.497 e. The summed E-state index contributed by atoms with van der Waals surface area (Å²) in [6.45, 7) is 0. The number of allylic oxidation sites excluding steroid dienone is 1. The lowest BCUT2D eigenvalue weighted by Gasteiger charge is -2.29. The third-order valence-corrected chi connectivity index (χ3v) is 13.3. The third-order valence-electron chi connectivity index (χ3n) is 9.72. The van der Waals surface area contributed by atoms with Crippen LogP contribution in [0.1, 0.15) is 17.5 Å². The molecule has 0 spiro atoms. The Morgan fingerprint density at radius 1 is 0.847 bits per heavy atom. The fraction of sp³-hybridized carbons (Fsp3) is 0.109. The smallest absolute Gasteiger partial charge is 0.416 e. The van der Waals surface area contributed by atoms with Gasteiger partial charge in [-0.1, -0.05) is 48.6 Å². The molecule has 1 unspecified atom stereocenters. The number of carboxylic acid groups (broad SMARTS) is 1. The molecule has 7 nitrogen and oxygen atoms in total. The van der Waals surface area contributed by atoms with Gasteiger partial charge in [0.25, 0.3) is 0 Å². The number of methoxy groups -OCH3 is 2. The summed E-state index contributed by atoms with van der Waals surface area (Å²) in [6.07, 6.45) is 4.01. The van der Waals surface area contributed by atoms with Crippen molar-refractivity contribution in [3.05, 3.63) is 150 Å². The molecule has 0 bridgehead atoms. The first-order valence-corrected chi connectivity index (χ1v) is 20.6. The van der Waals surface area contributed by atoms with Gasteiger partial charge in [-0.25, -0.2) is 9.78 Å². The Bertz CT molecular complexity index is 2810. The predicted molar refractivity (Wildman–Crippen MR) is 231 cm³/mol. The van der Waals surface area contributed by atoms with E-state index in [1.807, 2.05) is 66.7 Å². The fourth-order valence-electron chi connectivity index (χ4n) is 6.65. The number of benzene rings is 4. The van der Waals surface area contributed by atoms with E-state index in [2.05, 4.69) is 52.4 Å². The largest absolute Gasteiger partial charge is 0.497 e. The van der Waals surface area contributed by atoms with Gasteiger partial charge in [-0.3, -0.25) is 0 Å². The number of nitrogens with zero attached hydrogens (tertiary/aromatic N) is 3. The molecular weight excluding hydrogens is 812 g/mol. The maximum atomic E-state index is 13.3. The van der Waals surface area contributed by atoms with Gasteiger partial charge in [0.1, 0.15) is 22.4 Å². The number of aromatic nitrogens is 1. The molecule has 0 aliphatic heterocycles. The fourth-order valence-corrected chi connectivity index (χ4v) is 9.89. The zero-order chi connectivity index (χ0) is 41.3. The zero-order valence-corrected chi connectivity index (χ0v) is 33.8. The van der Waals surface area contributed by atoms with Crippen LogP contribution in [0.3, 0.4) is 0 Å². The summed E-state index contributed by atoms with van der Waals surface area (Å²) >= 11 is 4.36. The number of ether oxygens (including phenoxy) is 2. The molecule has 1 N–H and O–H groups in total. The molecule has 3 aromatic heterocycles. The quantitative estimate of drug-likeness (QED) is 0.102. The van der Waals surface area contributed by atoms with Gasteiger partial charge < -0.3 is 19.5 Å². The number of fused-ring (bicyclic) bond motifs is 1. The van der Waals surface area contributed by atoms with Crippen molar-refractivity contribution < 1.29 is 32.5 Å². The maximum absolute atomic E-state index is 13.3. The summed E-state index contributed by atoms with van der Waals surface area (Å²) in [7, 11) is 3.35. The van der Waals surface area contributed by atoms with E-state index in [4.69, 9.17) is 9.47 Å². The van der Waals surface area contributed by atoms with Crippen LogP contribution < -0.4 is 9.64 Å². The maximum Gasteiger partial charge on any atom is 0.416 e. The number of thiazole rings is 1. The van der Waals surface area contributed by atoms with Crippen LogP contribution >= 0.6 is 34.0 Å². The number of aliphatic carboxylic acids is 1. The number of thiophene rings is 2. The number of halogens is 3. The van der Waals surface area contributed by atoms with Crippen molar-refractivity contribution in [2.24, 2.45) is 0 Å². The van der Waals surface area contributed by atoms with Crippen molar-refractivity contribution in [3.63, 3.8) is 0 Å². The highest BCUT2D eigenvalue weighted by molar-refractivity contribution is 7.25. The Balaban J connectivity index is 1.09. The Kier molecular flexibility index (Phi) is 11.1. The van der Waals surface area contributed by atoms with Gasteiger partial charge >= 0.3 is 12.1 Å². The van der Waals surface area contributed by atoms with Crippen LogP contribution in [0.25, 0.3) is 57.5 Å². The van der Waals surface area contributed by atoms with Gasteiger partial charge in [0.2, 0.25) is 0 Å². The van der Waals surface area contributed by atoms with E-state index in [1.165, 1.54) is 34.8 Å². The summed E-state index contributed by atoms with van der Waals surface area (Å²) in [6, 6.07) is 35.0. The third kappa shape index (κ3) is 8.35. The normalized spacial score (nSPS) is 14.3. The Morgan fingerprint density at radius 2 is 1.51 bits per heavy atom. The number of hydrogen-bond acceptors (Lipinski definition) is 9. The van der Waals surface area contributed by atoms with Crippen LogP contribution in [0, 0.1) is 11.3 Å². The van der Waals surface area contributed by atoms with Crippen LogP contribution in [0.5, 0.6) is 5.75 Å². The van der Waals surface area contributed by atoms with E-state index in [-0.39, 0.29) is 17.2 Å². The van der Waals surface area contributed by atoms with Gasteiger partial charge in [0, 0.05) is 44.4 Å². The molecule has 13 heteroatoms. The van der Waals surface area contributed by atoms with Crippen molar-refractivity contribution in [2.75, 3.05) is 19.1 Å². The van der Waals surface area contributed by atoms with E-state index in [0.717, 1.165) is 77.6 Å². The highest BCUT2D eigenvalue weighted by Gasteiger charge is 2.31. The van der Waals surface area contributed by atoms with Crippen LogP contribution in [-0.4, -0.2) is 36.4 Å². The molecule has 3 heterocycles. The van der Waals surface area contributed by atoms with Crippen molar-refractivity contribution in [1.29, 1.82) is 5.26 Å². The molecule has 0 amide bonds. The highest BCUT2D eigenvalue weighted by atomic mass is 32.1. The first-order valence-electron chi connectivity index (χ1n) is 18.1. The van der Waals surface area contributed by atoms with Gasteiger partial charge in [-0.05, 0) is 108 Å². The Hall–Kier alpha value is -6.30. The number of anilines is 2. The number of carbonyl (C=O) groups is 1. The van der Waals surface area contributed by atoms with Crippen molar-refractivity contribution in [3.8, 4) is 53.0 Å². The SMILES string of the molecule is COc1ccc(N(C2=CCC(OC)C=C2)c2ccc(-c3ccc(-c4sc(-c5ccc(-c6nc7cc(C(F)(F)F)ccc7s6)cc5)cc4C=C(C#N)C(=O)O)s3)cc2)cc1. The lowest BCUT2D eigenvalue weighted by molar-refractivity contribution is -0.137. The van der Waals surface area contributed by atoms with Crippen LogP contribution in [0.15, 0.2) is 139 Å². The number of alkyl halides is 3. The molecule has 0 saturated carbocycles. The lowest BCUT2D eigenvalue weighted by Crippen LogP contribution is -2.19. The van der Waals surface area contributed by atoms with Crippen molar-refractivity contribution in [1.82, 2.24) is 4.98 Å². The van der Waals surface area contributed by atoms with E-state index in [1.54, 1.807) is 31.6 Å². The van der Waals surface area contributed by atoms with E-state index in [9.17, 15) is 28.3 Å². The average Bonchev–Trinajstić information content (AvgIpc) is 4.02. The van der Waals surface area contributed by atoms with Crippen LogP contribution in [0.4, 0.5) is 24.5 Å². The highest BCUT2D eigenvalue weighted by Crippen LogP contribution is 2.45. The predicted octanol–water partition coefficient (Wildman–Crippen LogP) is 13.1. The topological polar surface area (TPSA) is 95.7 Å². The zero-order valence-electron chi connectivity index (χ0n) is 31.4. The molecule has 1 aliphatic rings. The average molecular weight is 844 g/mol. The minimum atomic E-state index is -4.45. The minimum absolute atomic E-state index is 0.0255. The van der Waals surface area contributed by atoms with Crippen LogP contribution in [-0.2, 0) is 15.7 Å². The van der Waals surface area contributed by atoms with Gasteiger partial charge in [0.05, 0.1) is 33.9 Å². The lowest BCUT2D eigenvalue weighted by atomic mass is 10.1. The Morgan fingerprint density at radius 3 is 2.14 bits per heavy atom. The molecule has 0 saturated heterocycles. The molecule has 1 aliphatic carbocycles. The second-order valence-corrected chi connectivity index (χ2v) is 16.6. The first-order chi connectivity index (χ1) is 28.5. The monoisotopic (exact) mass is 843 g/mol. The van der Waals surface area contributed by atoms with Gasteiger partial charge in [0.15, 0.2) is 0 Å². The van der Waals surface area contributed by atoms with Gasteiger partial charge in [-0.15, -0.1) is 34.0 Å². The molecule has 59 heavy (non-hydrogen) atoms. The molecule has 4 aromatic carbocycles. The molecule has 0 radical (unpaired) electrons. The van der Waals surface area contributed by atoms with Crippen LogP contribution in [0.2, 0.25) is 0 Å². The number of rotatable bonds is 11. The van der Waals surface area contributed by atoms with Gasteiger partial charge in [-0.2, -0.15) is 18.4 Å². The van der Waals surface area contributed by atoms with E-state index >= 15 is 0 Å². The molecule has 0 fully saturated rings. The number of nitriles is 1. The summed E-state index contributed by atoms with van der Waals surface area (Å²) in [5.41, 5.74) is 5.34. The molecule has 1 atom stereocenters. The van der Waals surface area contributed by atoms with Crippen molar-refractivity contribution in [2.45, 2.75) is 18.7 Å². The second-order valence-electron chi connectivity index (χ2n) is 13.4. The molecule has 8 rings (SSSR count).